The molecular weight excluding hydrogens is 378 g/mol. The van der Waals surface area contributed by atoms with E-state index in [2.05, 4.69) is 41.6 Å². The lowest BCUT2D eigenvalue weighted by atomic mass is 10.2. The van der Waals surface area contributed by atoms with E-state index in [9.17, 15) is 4.79 Å². The summed E-state index contributed by atoms with van der Waals surface area (Å²) < 4.78 is 7.95. The van der Waals surface area contributed by atoms with Crippen LogP contribution in [0.2, 0.25) is 0 Å². The van der Waals surface area contributed by atoms with Gasteiger partial charge in [0, 0.05) is 8.95 Å². The number of benzene rings is 1. The second kappa shape index (κ2) is 5.34. The molecule has 0 atom stereocenters. The summed E-state index contributed by atoms with van der Waals surface area (Å²) in [7, 11) is 1.29. The van der Waals surface area contributed by atoms with Gasteiger partial charge in [0.1, 0.15) is 12.1 Å². The van der Waals surface area contributed by atoms with Gasteiger partial charge in [0.15, 0.2) is 5.69 Å². The average molecular weight is 389 g/mol. The van der Waals surface area contributed by atoms with E-state index in [1.807, 2.05) is 19.1 Å². The number of esters is 1. The highest BCUT2D eigenvalue weighted by Crippen LogP contribution is 2.32. The van der Waals surface area contributed by atoms with E-state index < -0.39 is 5.97 Å². The zero-order valence-corrected chi connectivity index (χ0v) is 13.4. The zero-order chi connectivity index (χ0) is 14.2. The minimum absolute atomic E-state index is 0.0990. The van der Waals surface area contributed by atoms with Gasteiger partial charge in [-0.1, -0.05) is 0 Å². The van der Waals surface area contributed by atoms with E-state index in [0.29, 0.717) is 0 Å². The molecule has 0 radical (unpaired) electrons. The second-order valence-electron chi connectivity index (χ2n) is 3.92. The van der Waals surface area contributed by atoms with Crippen molar-refractivity contribution < 1.29 is 9.53 Å². The minimum Gasteiger partial charge on any atom is -0.464 e. The summed E-state index contributed by atoms with van der Waals surface area (Å²) in [4.78, 5) is 15.5. The summed E-state index contributed by atoms with van der Waals surface area (Å²) in [6, 6.07) is 3.91. The number of ether oxygens (including phenoxy) is 1. The van der Waals surface area contributed by atoms with Crippen LogP contribution in [0, 0.1) is 6.92 Å². The summed E-state index contributed by atoms with van der Waals surface area (Å²) in [6.07, 6.45) is 1.49. The largest absolute Gasteiger partial charge is 0.464 e. The van der Waals surface area contributed by atoms with Crippen molar-refractivity contribution in [3.05, 3.63) is 38.7 Å². The van der Waals surface area contributed by atoms with E-state index in [4.69, 9.17) is 5.73 Å². The lowest BCUT2D eigenvalue weighted by Crippen LogP contribution is -2.08. The van der Waals surface area contributed by atoms with Crippen LogP contribution in [0.25, 0.3) is 5.69 Å². The lowest BCUT2D eigenvalue weighted by molar-refractivity contribution is 0.0596. The van der Waals surface area contributed by atoms with Gasteiger partial charge >= 0.3 is 5.97 Å². The Hall–Kier alpha value is -1.34. The Kier molecular flexibility index (Phi) is 3.96. The van der Waals surface area contributed by atoms with Gasteiger partial charge < -0.3 is 10.5 Å². The fraction of sp³-hybridized carbons (Fsp3) is 0.167. The van der Waals surface area contributed by atoms with Crippen molar-refractivity contribution in [1.29, 1.82) is 0 Å². The van der Waals surface area contributed by atoms with Gasteiger partial charge in [-0.25, -0.2) is 9.78 Å². The normalized spacial score (nSPS) is 10.5. The monoisotopic (exact) mass is 387 g/mol. The number of methoxy groups -OCH3 is 1. The Labute approximate surface area is 127 Å². The molecule has 1 aromatic carbocycles. The molecule has 0 fully saturated rings. The van der Waals surface area contributed by atoms with E-state index >= 15 is 0 Å². The Bertz CT molecular complexity index is 629. The predicted octanol–water partition coefficient (Wildman–Crippen LogP) is 3.07. The maximum atomic E-state index is 11.5. The van der Waals surface area contributed by atoms with Gasteiger partial charge in [-0.15, -0.1) is 0 Å². The Morgan fingerprint density at radius 3 is 2.47 bits per heavy atom. The van der Waals surface area contributed by atoms with Crippen molar-refractivity contribution >= 4 is 43.6 Å². The van der Waals surface area contributed by atoms with Crippen LogP contribution in [0.4, 0.5) is 5.82 Å². The number of aromatic nitrogens is 2. The quantitative estimate of drug-likeness (QED) is 0.802. The Morgan fingerprint density at radius 2 is 1.95 bits per heavy atom. The summed E-state index contributed by atoms with van der Waals surface area (Å²) >= 11 is 6.96. The first kappa shape index (κ1) is 14.1. The fourth-order valence-corrected chi connectivity index (χ4v) is 3.51. The standard InChI is InChI=1S/C12H11Br2N3O2/c1-6-3-7(13)10(8(14)4-6)17-5-16-9(11(17)15)12(18)19-2/h3-5H,15H2,1-2H3. The number of nitrogens with two attached hydrogens (primary N) is 1. The average Bonchev–Trinajstić information content (AvgIpc) is 2.69. The summed E-state index contributed by atoms with van der Waals surface area (Å²) in [5.41, 5.74) is 7.92. The van der Waals surface area contributed by atoms with Gasteiger partial charge in [0.25, 0.3) is 0 Å². The first-order chi connectivity index (χ1) is 8.95. The van der Waals surface area contributed by atoms with E-state index in [1.54, 1.807) is 4.57 Å². The molecule has 2 N–H and O–H groups in total. The molecule has 100 valence electrons. The number of carbonyl (C=O) groups is 1. The lowest BCUT2D eigenvalue weighted by Gasteiger charge is -2.11. The third-order valence-electron chi connectivity index (χ3n) is 2.59. The van der Waals surface area contributed by atoms with Gasteiger partial charge in [-0.3, -0.25) is 4.57 Å². The van der Waals surface area contributed by atoms with Crippen LogP contribution in [0.3, 0.4) is 0 Å². The molecular formula is C12H11Br2N3O2. The molecule has 0 saturated carbocycles. The van der Waals surface area contributed by atoms with Crippen LogP contribution in [0.5, 0.6) is 0 Å². The number of hydrogen-bond acceptors (Lipinski definition) is 4. The molecule has 7 heteroatoms. The van der Waals surface area contributed by atoms with E-state index in [-0.39, 0.29) is 11.5 Å². The molecule has 0 aliphatic rings. The topological polar surface area (TPSA) is 70.1 Å². The van der Waals surface area contributed by atoms with Crippen molar-refractivity contribution in [1.82, 2.24) is 9.55 Å². The summed E-state index contributed by atoms with van der Waals surface area (Å²) in [5.74, 6) is -0.326. The summed E-state index contributed by atoms with van der Waals surface area (Å²) in [5, 5.41) is 0. The van der Waals surface area contributed by atoms with Gasteiger partial charge in [-0.05, 0) is 56.5 Å². The maximum absolute atomic E-state index is 11.5. The Balaban J connectivity index is 2.61. The molecule has 0 aliphatic heterocycles. The van der Waals surface area contributed by atoms with E-state index in [0.717, 1.165) is 20.2 Å². The van der Waals surface area contributed by atoms with Crippen LogP contribution in [0.15, 0.2) is 27.4 Å². The molecule has 5 nitrogen and oxygen atoms in total. The molecule has 2 aromatic rings. The second-order valence-corrected chi connectivity index (χ2v) is 5.63. The highest BCUT2D eigenvalue weighted by molar-refractivity contribution is 9.11. The molecule has 2 rings (SSSR count). The number of carbonyl (C=O) groups excluding carboxylic acids is 1. The minimum atomic E-state index is -0.560. The van der Waals surface area contributed by atoms with Crippen LogP contribution in [0.1, 0.15) is 16.1 Å². The molecule has 0 bridgehead atoms. The first-order valence-corrected chi connectivity index (χ1v) is 6.91. The highest BCUT2D eigenvalue weighted by atomic mass is 79.9. The number of rotatable bonds is 2. The smallest absolute Gasteiger partial charge is 0.360 e. The molecule has 0 saturated heterocycles. The molecule has 0 aliphatic carbocycles. The van der Waals surface area contributed by atoms with Crippen LogP contribution >= 0.6 is 31.9 Å². The van der Waals surface area contributed by atoms with Gasteiger partial charge in [0.05, 0.1) is 12.8 Å². The van der Waals surface area contributed by atoms with Crippen molar-refractivity contribution in [2.75, 3.05) is 12.8 Å². The van der Waals surface area contributed by atoms with Crippen molar-refractivity contribution in [3.8, 4) is 5.69 Å². The van der Waals surface area contributed by atoms with Gasteiger partial charge in [-0.2, -0.15) is 0 Å². The fourth-order valence-electron chi connectivity index (χ4n) is 1.71. The molecule has 0 unspecified atom stereocenters. The molecule has 1 aromatic heterocycles. The number of aryl methyl sites for hydroxylation is 1. The number of hydrogen-bond donors (Lipinski definition) is 1. The van der Waals surface area contributed by atoms with Crippen molar-refractivity contribution in [2.45, 2.75) is 6.92 Å². The number of imidazole rings is 1. The number of halogens is 2. The number of nitrogens with zero attached hydrogens (tertiary/aromatic N) is 2. The van der Waals surface area contributed by atoms with Crippen molar-refractivity contribution in [2.24, 2.45) is 0 Å². The third kappa shape index (κ3) is 2.52. The van der Waals surface area contributed by atoms with Crippen LogP contribution in [-0.4, -0.2) is 22.6 Å². The third-order valence-corrected chi connectivity index (χ3v) is 3.79. The van der Waals surface area contributed by atoms with Crippen LogP contribution in [-0.2, 0) is 4.74 Å². The van der Waals surface area contributed by atoms with Crippen molar-refractivity contribution in [3.63, 3.8) is 0 Å². The molecule has 19 heavy (non-hydrogen) atoms. The van der Waals surface area contributed by atoms with Crippen LogP contribution < -0.4 is 5.73 Å². The van der Waals surface area contributed by atoms with Gasteiger partial charge in [0.2, 0.25) is 0 Å². The zero-order valence-electron chi connectivity index (χ0n) is 10.3. The Morgan fingerprint density at radius 1 is 1.37 bits per heavy atom. The maximum Gasteiger partial charge on any atom is 0.360 e. The molecule has 0 spiro atoms. The number of nitrogen functional groups attached to an aromatic ring is 1. The highest BCUT2D eigenvalue weighted by Gasteiger charge is 2.19. The van der Waals surface area contributed by atoms with E-state index in [1.165, 1.54) is 13.4 Å². The number of anilines is 1. The molecule has 1 heterocycles. The SMILES string of the molecule is COC(=O)c1ncn(-c2c(Br)cc(C)cc2Br)c1N. The first-order valence-electron chi connectivity index (χ1n) is 5.33. The molecule has 0 amide bonds. The summed E-state index contributed by atoms with van der Waals surface area (Å²) in [6.45, 7) is 1.98. The predicted molar refractivity (Wildman–Crippen MR) is 79.5 cm³/mol.